The number of halogens is 2. The summed E-state index contributed by atoms with van der Waals surface area (Å²) in [5.74, 6) is 0.109. The molecule has 1 N–H and O–H groups in total. The lowest BCUT2D eigenvalue weighted by atomic mass is 9.98. The summed E-state index contributed by atoms with van der Waals surface area (Å²) in [7, 11) is 1.58. The topological polar surface area (TPSA) is 62.1 Å². The van der Waals surface area contributed by atoms with E-state index < -0.39 is 5.91 Å². The zero-order valence-electron chi connectivity index (χ0n) is 18.0. The highest BCUT2D eigenvalue weighted by molar-refractivity contribution is 9.10. The molecule has 0 aromatic heterocycles. The van der Waals surface area contributed by atoms with Crippen LogP contribution in [0, 0.1) is 25.2 Å². The maximum Gasteiger partial charge on any atom is 0.266 e. The van der Waals surface area contributed by atoms with Crippen LogP contribution in [-0.4, -0.2) is 13.0 Å². The van der Waals surface area contributed by atoms with E-state index >= 15 is 0 Å². The number of carbonyl (C=O) groups is 1. The molecule has 3 aromatic carbocycles. The normalized spacial score (nSPS) is 11.1. The van der Waals surface area contributed by atoms with Gasteiger partial charge in [-0.2, -0.15) is 5.26 Å². The first kappa shape index (κ1) is 23.6. The fraction of sp³-hybridized carbons (Fsp3) is 0.154. The molecule has 0 bridgehead atoms. The molecule has 6 heteroatoms. The summed E-state index contributed by atoms with van der Waals surface area (Å²) in [5.41, 5.74) is 5.53. The molecule has 162 valence electrons. The quantitative estimate of drug-likeness (QED) is 0.291. The van der Waals surface area contributed by atoms with Gasteiger partial charge < -0.3 is 10.1 Å². The largest absolute Gasteiger partial charge is 0.496 e. The third-order valence-corrected chi connectivity index (χ3v) is 5.70. The predicted molar refractivity (Wildman–Crippen MR) is 133 cm³/mol. The van der Waals surface area contributed by atoms with E-state index in [0.29, 0.717) is 28.4 Å². The van der Waals surface area contributed by atoms with Crippen LogP contribution in [0.25, 0.3) is 6.08 Å². The van der Waals surface area contributed by atoms with E-state index in [4.69, 9.17) is 16.3 Å². The summed E-state index contributed by atoms with van der Waals surface area (Å²) in [6.07, 6.45) is 2.12. The van der Waals surface area contributed by atoms with Gasteiger partial charge in [0.2, 0.25) is 0 Å². The van der Waals surface area contributed by atoms with Crippen molar-refractivity contribution >= 4 is 45.2 Å². The summed E-state index contributed by atoms with van der Waals surface area (Å²) < 4.78 is 6.48. The van der Waals surface area contributed by atoms with Crippen LogP contribution >= 0.6 is 27.5 Å². The molecule has 1 amide bonds. The second kappa shape index (κ2) is 10.5. The van der Waals surface area contributed by atoms with Crippen molar-refractivity contribution in [3.05, 3.63) is 97.5 Å². The van der Waals surface area contributed by atoms with Gasteiger partial charge in [0.25, 0.3) is 5.91 Å². The SMILES string of the molecule is COc1cc(/C=C(\C#N)C(=O)Nc2ccc(Br)cc2)cc(Cl)c1Cc1cc(C)cc(C)c1. The van der Waals surface area contributed by atoms with Gasteiger partial charge in [-0.25, -0.2) is 0 Å². The molecule has 0 aliphatic carbocycles. The molecule has 4 nitrogen and oxygen atoms in total. The number of aryl methyl sites for hydroxylation is 2. The predicted octanol–water partition coefficient (Wildman–Crippen LogP) is 6.86. The molecule has 0 saturated carbocycles. The first-order valence-corrected chi connectivity index (χ1v) is 11.1. The zero-order chi connectivity index (χ0) is 23.3. The van der Waals surface area contributed by atoms with Crippen molar-refractivity contribution < 1.29 is 9.53 Å². The number of nitriles is 1. The lowest BCUT2D eigenvalue weighted by molar-refractivity contribution is -0.112. The van der Waals surface area contributed by atoms with Crippen molar-refractivity contribution in [2.45, 2.75) is 20.3 Å². The standard InChI is InChI=1S/C26H22BrClN2O2/c1-16-8-17(2)10-18(9-16)12-23-24(28)13-19(14-25(23)32-3)11-20(15-29)26(31)30-22-6-4-21(27)5-7-22/h4-11,13-14H,12H2,1-3H3,(H,30,31)/b20-11+. The molecular formula is C26H22BrClN2O2. The van der Waals surface area contributed by atoms with Gasteiger partial charge in [0, 0.05) is 27.2 Å². The number of nitrogens with one attached hydrogen (secondary N) is 1. The Bertz CT molecular complexity index is 1210. The Kier molecular flexibility index (Phi) is 7.74. The Morgan fingerprint density at radius 3 is 2.38 bits per heavy atom. The van der Waals surface area contributed by atoms with E-state index in [0.717, 1.165) is 15.6 Å². The second-order valence-electron chi connectivity index (χ2n) is 7.49. The number of anilines is 1. The zero-order valence-corrected chi connectivity index (χ0v) is 20.3. The maximum atomic E-state index is 12.6. The van der Waals surface area contributed by atoms with Gasteiger partial charge in [-0.3, -0.25) is 4.79 Å². The average molecular weight is 510 g/mol. The van der Waals surface area contributed by atoms with E-state index in [1.165, 1.54) is 17.2 Å². The van der Waals surface area contributed by atoms with Gasteiger partial charge in [-0.05, 0) is 67.4 Å². The number of nitrogens with zero attached hydrogens (tertiary/aromatic N) is 1. The van der Waals surface area contributed by atoms with Crippen molar-refractivity contribution in [3.8, 4) is 11.8 Å². The first-order valence-electron chi connectivity index (χ1n) is 9.91. The number of benzene rings is 3. The van der Waals surface area contributed by atoms with Gasteiger partial charge in [-0.1, -0.05) is 56.9 Å². The van der Waals surface area contributed by atoms with Gasteiger partial charge >= 0.3 is 0 Å². The van der Waals surface area contributed by atoms with Crippen LogP contribution in [0.3, 0.4) is 0 Å². The molecule has 0 spiro atoms. The number of ether oxygens (including phenoxy) is 1. The Morgan fingerprint density at radius 1 is 1.12 bits per heavy atom. The molecule has 0 unspecified atom stereocenters. The minimum atomic E-state index is -0.496. The lowest BCUT2D eigenvalue weighted by Crippen LogP contribution is -2.13. The first-order chi connectivity index (χ1) is 15.3. The molecule has 0 aliphatic rings. The number of amides is 1. The maximum absolute atomic E-state index is 12.6. The molecule has 0 saturated heterocycles. The molecule has 0 aliphatic heterocycles. The Morgan fingerprint density at radius 2 is 1.78 bits per heavy atom. The van der Waals surface area contributed by atoms with E-state index in [-0.39, 0.29) is 5.57 Å². The van der Waals surface area contributed by atoms with Crippen LogP contribution in [-0.2, 0) is 11.2 Å². The third-order valence-electron chi connectivity index (χ3n) is 4.84. The Labute approximate surface area is 201 Å². The molecule has 0 heterocycles. The van der Waals surface area contributed by atoms with E-state index in [2.05, 4.69) is 53.3 Å². The van der Waals surface area contributed by atoms with Crippen LogP contribution in [0.5, 0.6) is 5.75 Å². The van der Waals surface area contributed by atoms with Gasteiger partial charge in [-0.15, -0.1) is 0 Å². The molecule has 0 fully saturated rings. The smallest absolute Gasteiger partial charge is 0.266 e. The monoisotopic (exact) mass is 508 g/mol. The van der Waals surface area contributed by atoms with E-state index in [1.807, 2.05) is 18.2 Å². The highest BCUT2D eigenvalue weighted by atomic mass is 79.9. The fourth-order valence-corrected chi connectivity index (χ4v) is 4.04. The van der Waals surface area contributed by atoms with Gasteiger partial charge in [0.15, 0.2) is 0 Å². The number of carbonyl (C=O) groups excluding carboxylic acids is 1. The van der Waals surface area contributed by atoms with E-state index in [9.17, 15) is 10.1 Å². The highest BCUT2D eigenvalue weighted by Gasteiger charge is 2.14. The van der Waals surface area contributed by atoms with Crippen molar-refractivity contribution in [2.75, 3.05) is 12.4 Å². The van der Waals surface area contributed by atoms with Gasteiger partial charge in [0.1, 0.15) is 17.4 Å². The lowest BCUT2D eigenvalue weighted by Gasteiger charge is -2.13. The molecular weight excluding hydrogens is 488 g/mol. The van der Waals surface area contributed by atoms with Crippen molar-refractivity contribution in [3.63, 3.8) is 0 Å². The number of methoxy groups -OCH3 is 1. The van der Waals surface area contributed by atoms with Crippen LogP contribution < -0.4 is 10.1 Å². The third kappa shape index (κ3) is 6.00. The molecule has 0 radical (unpaired) electrons. The van der Waals surface area contributed by atoms with Crippen molar-refractivity contribution in [1.29, 1.82) is 5.26 Å². The summed E-state index contributed by atoms with van der Waals surface area (Å²) in [4.78, 5) is 12.6. The Balaban J connectivity index is 1.89. The second-order valence-corrected chi connectivity index (χ2v) is 8.81. The average Bonchev–Trinajstić information content (AvgIpc) is 2.74. The summed E-state index contributed by atoms with van der Waals surface area (Å²) in [6, 6.07) is 19.0. The van der Waals surface area contributed by atoms with Crippen molar-refractivity contribution in [2.24, 2.45) is 0 Å². The van der Waals surface area contributed by atoms with Crippen LogP contribution in [0.2, 0.25) is 5.02 Å². The Hall–Kier alpha value is -3.07. The molecule has 3 aromatic rings. The van der Waals surface area contributed by atoms with Gasteiger partial charge in [0.05, 0.1) is 7.11 Å². The summed E-state index contributed by atoms with van der Waals surface area (Å²) in [6.45, 7) is 4.12. The minimum absolute atomic E-state index is 0.0342. The summed E-state index contributed by atoms with van der Waals surface area (Å²) in [5, 5.41) is 12.8. The summed E-state index contributed by atoms with van der Waals surface area (Å²) >= 11 is 9.95. The van der Waals surface area contributed by atoms with Crippen molar-refractivity contribution in [1.82, 2.24) is 0 Å². The number of hydrogen-bond acceptors (Lipinski definition) is 3. The van der Waals surface area contributed by atoms with E-state index in [1.54, 1.807) is 31.4 Å². The van der Waals surface area contributed by atoms with Crippen LogP contribution in [0.4, 0.5) is 5.69 Å². The molecule has 32 heavy (non-hydrogen) atoms. The molecule has 3 rings (SSSR count). The van der Waals surface area contributed by atoms with Crippen LogP contribution in [0.1, 0.15) is 27.8 Å². The van der Waals surface area contributed by atoms with Crippen LogP contribution in [0.15, 0.2) is 64.6 Å². The fourth-order valence-electron chi connectivity index (χ4n) is 3.49. The number of hydrogen-bond donors (Lipinski definition) is 1. The molecule has 0 atom stereocenters. The minimum Gasteiger partial charge on any atom is -0.496 e. The number of rotatable bonds is 6. The highest BCUT2D eigenvalue weighted by Crippen LogP contribution is 2.32.